The van der Waals surface area contributed by atoms with Gasteiger partial charge in [-0.3, -0.25) is 19.3 Å². The summed E-state index contributed by atoms with van der Waals surface area (Å²) in [6, 6.07) is 5.54. The number of nitrogens with zero attached hydrogens (tertiary/aromatic N) is 2. The van der Waals surface area contributed by atoms with Gasteiger partial charge in [0.05, 0.1) is 26.2 Å². The fourth-order valence-corrected chi connectivity index (χ4v) is 3.51. The van der Waals surface area contributed by atoms with E-state index >= 15 is 0 Å². The molecule has 2 aliphatic heterocycles. The topological polar surface area (TPSA) is 71.1 Å². The molecule has 2 saturated heterocycles. The number of methoxy groups -OCH3 is 1. The summed E-state index contributed by atoms with van der Waals surface area (Å²) in [5.41, 5.74) is 2.16. The molecule has 0 spiro atoms. The first kappa shape index (κ1) is 18.7. The Bertz CT molecular complexity index is 658. The summed E-state index contributed by atoms with van der Waals surface area (Å²) < 4.78 is 5.31. The van der Waals surface area contributed by atoms with E-state index in [1.165, 1.54) is 5.06 Å². The van der Waals surface area contributed by atoms with Gasteiger partial charge < -0.3 is 10.1 Å². The maximum atomic E-state index is 12.5. The van der Waals surface area contributed by atoms with Crippen molar-refractivity contribution in [2.45, 2.75) is 38.8 Å². The van der Waals surface area contributed by atoms with Gasteiger partial charge in [0.25, 0.3) is 0 Å². The average Bonchev–Trinajstić information content (AvgIpc) is 2.65. The first-order valence-corrected chi connectivity index (χ1v) is 9.17. The van der Waals surface area contributed by atoms with Crippen LogP contribution in [0.5, 0.6) is 5.75 Å². The Kier molecular flexibility index (Phi) is 6.11. The molecule has 0 radical (unpaired) electrons. The molecular formula is C19H27N3O4. The number of carbonyl (C=O) groups is 2. The Morgan fingerprint density at radius 3 is 2.88 bits per heavy atom. The van der Waals surface area contributed by atoms with Crippen LogP contribution in [0.1, 0.15) is 30.4 Å². The summed E-state index contributed by atoms with van der Waals surface area (Å²) in [6.45, 7) is 5.10. The number of aryl methyl sites for hydroxylation is 1. The molecule has 1 aromatic rings. The van der Waals surface area contributed by atoms with Gasteiger partial charge in [-0.2, -0.15) is 0 Å². The van der Waals surface area contributed by atoms with Crippen LogP contribution in [-0.4, -0.2) is 61.2 Å². The van der Waals surface area contributed by atoms with Crippen molar-refractivity contribution in [3.05, 3.63) is 29.3 Å². The van der Waals surface area contributed by atoms with E-state index in [1.807, 2.05) is 19.1 Å². The highest BCUT2D eigenvalue weighted by molar-refractivity contribution is 5.88. The zero-order valence-electron chi connectivity index (χ0n) is 15.5. The van der Waals surface area contributed by atoms with Crippen LogP contribution >= 0.6 is 0 Å². The largest absolute Gasteiger partial charge is 0.496 e. The minimum absolute atomic E-state index is 0.0909. The van der Waals surface area contributed by atoms with E-state index in [1.54, 1.807) is 7.11 Å². The lowest BCUT2D eigenvalue weighted by atomic mass is 10.0. The van der Waals surface area contributed by atoms with Crippen molar-refractivity contribution >= 4 is 11.8 Å². The van der Waals surface area contributed by atoms with Crippen LogP contribution in [-0.2, 0) is 21.0 Å². The van der Waals surface area contributed by atoms with Gasteiger partial charge in [-0.05, 0) is 37.0 Å². The number of benzene rings is 1. The summed E-state index contributed by atoms with van der Waals surface area (Å²) in [6.07, 6.45) is 2.05. The zero-order chi connectivity index (χ0) is 18.5. The molecule has 0 saturated carbocycles. The molecule has 1 aromatic carbocycles. The lowest BCUT2D eigenvalue weighted by Crippen LogP contribution is -2.56. The van der Waals surface area contributed by atoms with Gasteiger partial charge >= 0.3 is 0 Å². The quantitative estimate of drug-likeness (QED) is 0.855. The summed E-state index contributed by atoms with van der Waals surface area (Å²) >= 11 is 0. The van der Waals surface area contributed by atoms with Crippen LogP contribution in [0, 0.1) is 6.92 Å². The van der Waals surface area contributed by atoms with E-state index in [9.17, 15) is 9.59 Å². The van der Waals surface area contributed by atoms with Gasteiger partial charge in [0.2, 0.25) is 11.8 Å². The van der Waals surface area contributed by atoms with Crippen LogP contribution in [0.2, 0.25) is 0 Å². The van der Waals surface area contributed by atoms with Gasteiger partial charge in [0, 0.05) is 26.2 Å². The number of nitrogens with one attached hydrogen (secondary N) is 1. The Labute approximate surface area is 154 Å². The average molecular weight is 361 g/mol. The van der Waals surface area contributed by atoms with Crippen LogP contribution in [0.25, 0.3) is 0 Å². The fourth-order valence-electron chi connectivity index (χ4n) is 3.51. The van der Waals surface area contributed by atoms with Crippen LogP contribution in [0.15, 0.2) is 18.2 Å². The van der Waals surface area contributed by atoms with Gasteiger partial charge in [0.1, 0.15) is 5.75 Å². The normalized spacial score (nSPS) is 21.4. The van der Waals surface area contributed by atoms with Crippen molar-refractivity contribution in [1.29, 1.82) is 0 Å². The third kappa shape index (κ3) is 4.34. The number of hydroxylamine groups is 2. The molecule has 2 amide bonds. The minimum atomic E-state index is -0.468. The number of piperazine rings is 1. The maximum absolute atomic E-state index is 12.5. The molecule has 26 heavy (non-hydrogen) atoms. The number of amides is 2. The molecule has 2 fully saturated rings. The van der Waals surface area contributed by atoms with Crippen LogP contribution < -0.4 is 10.1 Å². The van der Waals surface area contributed by atoms with Crippen molar-refractivity contribution in [2.75, 3.05) is 33.4 Å². The van der Waals surface area contributed by atoms with Gasteiger partial charge in [-0.25, -0.2) is 5.06 Å². The molecule has 2 heterocycles. The summed E-state index contributed by atoms with van der Waals surface area (Å²) in [4.78, 5) is 32.4. The molecule has 2 aliphatic rings. The molecule has 0 aromatic heterocycles. The van der Waals surface area contributed by atoms with Crippen LogP contribution in [0.3, 0.4) is 0 Å². The second kappa shape index (κ2) is 8.51. The Morgan fingerprint density at radius 1 is 1.35 bits per heavy atom. The Morgan fingerprint density at radius 2 is 2.19 bits per heavy atom. The monoisotopic (exact) mass is 361 g/mol. The number of carbonyl (C=O) groups excluding carboxylic acids is 2. The lowest BCUT2D eigenvalue weighted by molar-refractivity contribution is -0.198. The highest BCUT2D eigenvalue weighted by atomic mass is 16.7. The predicted molar refractivity (Wildman–Crippen MR) is 96.5 cm³/mol. The van der Waals surface area contributed by atoms with Crippen molar-refractivity contribution in [3.63, 3.8) is 0 Å². The van der Waals surface area contributed by atoms with E-state index in [0.29, 0.717) is 26.2 Å². The van der Waals surface area contributed by atoms with Gasteiger partial charge in [-0.15, -0.1) is 0 Å². The smallest absolute Gasteiger partial charge is 0.248 e. The molecule has 7 nitrogen and oxygen atoms in total. The van der Waals surface area contributed by atoms with E-state index in [0.717, 1.165) is 36.3 Å². The molecule has 3 rings (SSSR count). The fraction of sp³-hybridized carbons (Fsp3) is 0.579. The summed E-state index contributed by atoms with van der Waals surface area (Å²) in [7, 11) is 1.65. The van der Waals surface area contributed by atoms with E-state index in [2.05, 4.69) is 16.3 Å². The molecule has 7 heteroatoms. The Hall–Kier alpha value is -2.12. The van der Waals surface area contributed by atoms with E-state index in [4.69, 9.17) is 9.57 Å². The van der Waals surface area contributed by atoms with Crippen molar-refractivity contribution in [3.8, 4) is 5.75 Å². The predicted octanol–water partition coefficient (Wildman–Crippen LogP) is 1.25. The summed E-state index contributed by atoms with van der Waals surface area (Å²) in [5.74, 6) is 0.633. The first-order chi connectivity index (χ1) is 12.6. The van der Waals surface area contributed by atoms with Crippen molar-refractivity contribution < 1.29 is 19.2 Å². The van der Waals surface area contributed by atoms with Crippen molar-refractivity contribution in [2.24, 2.45) is 0 Å². The first-order valence-electron chi connectivity index (χ1n) is 9.17. The lowest BCUT2D eigenvalue weighted by Gasteiger charge is -2.36. The van der Waals surface area contributed by atoms with Crippen molar-refractivity contribution in [1.82, 2.24) is 15.3 Å². The minimum Gasteiger partial charge on any atom is -0.496 e. The standard InChI is InChI=1S/C19H27N3O4/c1-14-11-15(5-6-17(14)25-2)13-21-9-7-20-19(24)16(21)12-18(23)22-8-3-4-10-26-22/h5-6,11,16H,3-4,7-10,12-13H2,1-2H3,(H,20,24)/t16-/m0/s1. The number of ether oxygens (including phenoxy) is 1. The molecule has 142 valence electrons. The molecule has 0 aliphatic carbocycles. The number of rotatable bonds is 5. The number of hydrogen-bond donors (Lipinski definition) is 1. The SMILES string of the molecule is COc1ccc(CN2CCNC(=O)[C@@H]2CC(=O)N2CCCCO2)cc1C. The third-order valence-electron chi connectivity index (χ3n) is 4.94. The molecule has 1 N–H and O–H groups in total. The molecule has 1 atom stereocenters. The van der Waals surface area contributed by atoms with E-state index < -0.39 is 6.04 Å². The maximum Gasteiger partial charge on any atom is 0.248 e. The van der Waals surface area contributed by atoms with Gasteiger partial charge in [-0.1, -0.05) is 12.1 Å². The summed E-state index contributed by atoms with van der Waals surface area (Å²) in [5, 5.41) is 4.29. The Balaban J connectivity index is 1.68. The third-order valence-corrected chi connectivity index (χ3v) is 4.94. The molecule has 0 bridgehead atoms. The second-order valence-corrected chi connectivity index (χ2v) is 6.82. The van der Waals surface area contributed by atoms with Gasteiger partial charge in [0.15, 0.2) is 0 Å². The highest BCUT2D eigenvalue weighted by Gasteiger charge is 2.33. The molecular weight excluding hydrogens is 334 g/mol. The number of hydrogen-bond acceptors (Lipinski definition) is 5. The highest BCUT2D eigenvalue weighted by Crippen LogP contribution is 2.21. The van der Waals surface area contributed by atoms with Crippen LogP contribution in [0.4, 0.5) is 0 Å². The molecule has 0 unspecified atom stereocenters. The van der Waals surface area contributed by atoms with E-state index in [-0.39, 0.29) is 18.2 Å². The second-order valence-electron chi connectivity index (χ2n) is 6.82. The zero-order valence-corrected chi connectivity index (χ0v) is 15.5.